The normalized spacial score (nSPS) is 22.7. The lowest BCUT2D eigenvalue weighted by molar-refractivity contribution is 0.0562. The number of nitrogens with one attached hydrogen (secondary N) is 1. The van der Waals surface area contributed by atoms with Crippen LogP contribution in [0, 0.1) is 0 Å². The topological polar surface area (TPSA) is 84.6 Å². The Bertz CT molecular complexity index is 428. The van der Waals surface area contributed by atoms with Gasteiger partial charge in [-0.05, 0) is 25.0 Å². The van der Waals surface area contributed by atoms with E-state index in [0.717, 1.165) is 0 Å². The molecule has 0 spiro atoms. The van der Waals surface area contributed by atoms with Gasteiger partial charge in [-0.25, -0.2) is 0 Å². The van der Waals surface area contributed by atoms with Crippen molar-refractivity contribution in [3.8, 4) is 5.75 Å². The fraction of sp³-hybridized carbons (Fsp3) is 0.417. The van der Waals surface area contributed by atoms with Gasteiger partial charge in [-0.15, -0.1) is 0 Å². The van der Waals surface area contributed by atoms with E-state index in [9.17, 15) is 4.79 Å². The molecule has 1 aromatic carbocycles. The van der Waals surface area contributed by atoms with Gasteiger partial charge in [-0.3, -0.25) is 4.79 Å². The van der Waals surface area contributed by atoms with Crippen molar-refractivity contribution in [2.75, 3.05) is 12.8 Å². The largest absolute Gasteiger partial charge is 0.497 e. The minimum absolute atomic E-state index is 0.0601. The van der Waals surface area contributed by atoms with Gasteiger partial charge >= 0.3 is 0 Å². The number of ether oxygens (including phenoxy) is 1. The number of aliphatic hydroxyl groups excluding tert-OH is 1. The highest BCUT2D eigenvalue weighted by molar-refractivity contribution is 5.95. The maximum atomic E-state index is 11.9. The van der Waals surface area contributed by atoms with Crippen LogP contribution in [0.3, 0.4) is 0 Å². The molecule has 0 aliphatic heterocycles. The lowest BCUT2D eigenvalue weighted by atomic mass is 9.89. The molecule has 5 heteroatoms. The fourth-order valence-corrected chi connectivity index (χ4v) is 1.85. The van der Waals surface area contributed by atoms with E-state index in [0.29, 0.717) is 29.8 Å². The van der Waals surface area contributed by atoms with Crippen LogP contribution in [0.15, 0.2) is 18.2 Å². The molecular weight excluding hydrogens is 220 g/mol. The van der Waals surface area contributed by atoms with E-state index in [1.54, 1.807) is 18.2 Å². The van der Waals surface area contributed by atoms with E-state index >= 15 is 0 Å². The van der Waals surface area contributed by atoms with Gasteiger partial charge < -0.3 is 20.9 Å². The van der Waals surface area contributed by atoms with Crippen molar-refractivity contribution in [3.63, 3.8) is 0 Å². The number of benzene rings is 1. The standard InChI is InChI=1S/C12H16N2O3/c1-17-11-3-7(2-8(13)4-11)12(16)14-9-5-10(15)6-9/h2-4,9-10,15H,5-6,13H2,1H3,(H,14,16). The third-order valence-corrected chi connectivity index (χ3v) is 2.88. The highest BCUT2D eigenvalue weighted by atomic mass is 16.5. The molecule has 1 aromatic rings. The lowest BCUT2D eigenvalue weighted by Gasteiger charge is -2.31. The Morgan fingerprint density at radius 2 is 2.18 bits per heavy atom. The van der Waals surface area contributed by atoms with Crippen molar-refractivity contribution < 1.29 is 14.6 Å². The van der Waals surface area contributed by atoms with Crippen LogP contribution in [0.1, 0.15) is 23.2 Å². The predicted octanol–water partition coefficient (Wildman–Crippen LogP) is 0.530. The van der Waals surface area contributed by atoms with Gasteiger partial charge in [0.25, 0.3) is 5.91 Å². The van der Waals surface area contributed by atoms with Gasteiger partial charge in [0.1, 0.15) is 5.75 Å². The molecule has 92 valence electrons. The first-order valence-corrected chi connectivity index (χ1v) is 5.52. The van der Waals surface area contributed by atoms with Crippen LogP contribution in [0.25, 0.3) is 0 Å². The van der Waals surface area contributed by atoms with Crippen molar-refractivity contribution in [3.05, 3.63) is 23.8 Å². The highest BCUT2D eigenvalue weighted by Crippen LogP contribution is 2.22. The molecule has 0 atom stereocenters. The van der Waals surface area contributed by atoms with E-state index in [2.05, 4.69) is 5.32 Å². The number of methoxy groups -OCH3 is 1. The summed E-state index contributed by atoms with van der Waals surface area (Å²) in [5.41, 5.74) is 6.64. The van der Waals surface area contributed by atoms with Crippen molar-refractivity contribution in [1.29, 1.82) is 0 Å². The van der Waals surface area contributed by atoms with Crippen LogP contribution in [0.2, 0.25) is 0 Å². The number of carbonyl (C=O) groups excluding carboxylic acids is 1. The molecule has 1 saturated carbocycles. The number of anilines is 1. The van der Waals surface area contributed by atoms with Crippen LogP contribution in [0.4, 0.5) is 5.69 Å². The zero-order valence-corrected chi connectivity index (χ0v) is 9.64. The monoisotopic (exact) mass is 236 g/mol. The zero-order valence-electron chi connectivity index (χ0n) is 9.64. The van der Waals surface area contributed by atoms with Crippen LogP contribution in [-0.4, -0.2) is 30.3 Å². The van der Waals surface area contributed by atoms with Gasteiger partial charge in [0.15, 0.2) is 0 Å². The molecular formula is C12H16N2O3. The van der Waals surface area contributed by atoms with Crippen LogP contribution in [0.5, 0.6) is 5.75 Å². The van der Waals surface area contributed by atoms with Crippen molar-refractivity contribution >= 4 is 11.6 Å². The van der Waals surface area contributed by atoms with Gasteiger partial charge in [-0.1, -0.05) is 0 Å². The molecule has 17 heavy (non-hydrogen) atoms. The first kappa shape index (κ1) is 11.7. The summed E-state index contributed by atoms with van der Waals surface area (Å²) in [5, 5.41) is 12.0. The quantitative estimate of drug-likeness (QED) is 0.668. The van der Waals surface area contributed by atoms with Gasteiger partial charge in [-0.2, -0.15) is 0 Å². The molecule has 1 aliphatic carbocycles. The summed E-state index contributed by atoms with van der Waals surface area (Å²) >= 11 is 0. The Hall–Kier alpha value is -1.75. The SMILES string of the molecule is COc1cc(N)cc(C(=O)NC2CC(O)C2)c1. The maximum Gasteiger partial charge on any atom is 0.251 e. The Labute approximate surface area is 99.6 Å². The number of aliphatic hydroxyl groups is 1. The molecule has 0 heterocycles. The molecule has 2 rings (SSSR count). The Morgan fingerprint density at radius 1 is 1.47 bits per heavy atom. The Balaban J connectivity index is 2.05. The summed E-state index contributed by atoms with van der Waals surface area (Å²) in [6.07, 6.45) is 0.951. The van der Waals surface area contributed by atoms with E-state index in [4.69, 9.17) is 15.6 Å². The third kappa shape index (κ3) is 2.68. The summed E-state index contributed by atoms with van der Waals surface area (Å²) in [6, 6.07) is 4.96. The van der Waals surface area contributed by atoms with E-state index < -0.39 is 0 Å². The first-order valence-electron chi connectivity index (χ1n) is 5.52. The predicted molar refractivity (Wildman–Crippen MR) is 63.9 cm³/mol. The minimum atomic E-state index is -0.282. The van der Waals surface area contributed by atoms with Gasteiger partial charge in [0.05, 0.1) is 13.2 Å². The fourth-order valence-electron chi connectivity index (χ4n) is 1.85. The zero-order chi connectivity index (χ0) is 12.4. The average Bonchev–Trinajstić information content (AvgIpc) is 2.26. The van der Waals surface area contributed by atoms with Crippen molar-refractivity contribution in [2.45, 2.75) is 25.0 Å². The lowest BCUT2D eigenvalue weighted by Crippen LogP contribution is -2.46. The first-order chi connectivity index (χ1) is 8.08. The van der Waals surface area contributed by atoms with Crippen LogP contribution >= 0.6 is 0 Å². The van der Waals surface area contributed by atoms with E-state index in [-0.39, 0.29) is 18.1 Å². The highest BCUT2D eigenvalue weighted by Gasteiger charge is 2.28. The number of rotatable bonds is 3. The molecule has 0 radical (unpaired) electrons. The van der Waals surface area contributed by atoms with Crippen LogP contribution in [-0.2, 0) is 0 Å². The summed E-state index contributed by atoms with van der Waals surface area (Å²) < 4.78 is 5.05. The number of amides is 1. The number of nitrogen functional groups attached to an aromatic ring is 1. The second kappa shape index (κ2) is 4.63. The molecule has 0 unspecified atom stereocenters. The number of nitrogens with two attached hydrogens (primary N) is 1. The second-order valence-corrected chi connectivity index (χ2v) is 4.29. The van der Waals surface area contributed by atoms with Crippen molar-refractivity contribution in [2.24, 2.45) is 0 Å². The average molecular weight is 236 g/mol. The smallest absolute Gasteiger partial charge is 0.251 e. The number of carbonyl (C=O) groups is 1. The summed E-state index contributed by atoms with van der Waals surface area (Å²) in [7, 11) is 1.53. The molecule has 0 saturated heterocycles. The maximum absolute atomic E-state index is 11.9. The Kier molecular flexibility index (Phi) is 3.19. The summed E-state index contributed by atoms with van der Waals surface area (Å²) in [6.45, 7) is 0. The van der Waals surface area contributed by atoms with Gasteiger partial charge in [0.2, 0.25) is 0 Å². The van der Waals surface area contributed by atoms with Gasteiger partial charge in [0, 0.05) is 23.4 Å². The minimum Gasteiger partial charge on any atom is -0.497 e. The molecule has 1 amide bonds. The molecule has 4 N–H and O–H groups in total. The molecule has 0 bridgehead atoms. The Morgan fingerprint density at radius 3 is 2.76 bits per heavy atom. The molecule has 0 aromatic heterocycles. The van der Waals surface area contributed by atoms with Crippen LogP contribution < -0.4 is 15.8 Å². The molecule has 1 aliphatic rings. The molecule has 1 fully saturated rings. The van der Waals surface area contributed by atoms with Crippen molar-refractivity contribution in [1.82, 2.24) is 5.32 Å². The number of hydrogen-bond acceptors (Lipinski definition) is 4. The summed E-state index contributed by atoms with van der Waals surface area (Å²) in [5.74, 6) is 0.372. The third-order valence-electron chi connectivity index (χ3n) is 2.88. The molecule has 5 nitrogen and oxygen atoms in total. The van der Waals surface area contributed by atoms with E-state index in [1.165, 1.54) is 7.11 Å². The number of hydrogen-bond donors (Lipinski definition) is 3. The summed E-state index contributed by atoms with van der Waals surface area (Å²) in [4.78, 5) is 11.9. The van der Waals surface area contributed by atoms with E-state index in [1.807, 2.05) is 0 Å². The second-order valence-electron chi connectivity index (χ2n) is 4.29.